The van der Waals surface area contributed by atoms with Crippen LogP contribution in [0.3, 0.4) is 0 Å². The van der Waals surface area contributed by atoms with Crippen molar-refractivity contribution in [1.29, 1.82) is 0 Å². The first-order valence-corrected chi connectivity index (χ1v) is 10.2. The molecule has 1 aromatic heterocycles. The lowest BCUT2D eigenvalue weighted by Gasteiger charge is -2.08. The Morgan fingerprint density at radius 2 is 1.58 bits per heavy atom. The number of carbonyl (C=O) groups is 2. The lowest BCUT2D eigenvalue weighted by Crippen LogP contribution is -2.14. The van der Waals surface area contributed by atoms with Gasteiger partial charge in [-0.2, -0.15) is 0 Å². The maximum Gasteiger partial charge on any atom is 0.275 e. The molecule has 0 saturated carbocycles. The zero-order chi connectivity index (χ0) is 21.8. The number of thiazole rings is 1. The summed E-state index contributed by atoms with van der Waals surface area (Å²) >= 11 is 1.17. The van der Waals surface area contributed by atoms with E-state index in [9.17, 15) is 9.59 Å². The Hall–Kier alpha value is -3.91. The number of nitrogens with zero attached hydrogens (tertiary/aromatic N) is 1. The van der Waals surface area contributed by atoms with Crippen molar-refractivity contribution in [3.63, 3.8) is 0 Å². The Bertz CT molecular complexity index is 1240. The molecule has 4 rings (SSSR count). The van der Waals surface area contributed by atoms with E-state index in [-0.39, 0.29) is 17.5 Å². The van der Waals surface area contributed by atoms with Gasteiger partial charge in [0.2, 0.25) is 0 Å². The molecule has 0 aliphatic carbocycles. The van der Waals surface area contributed by atoms with Gasteiger partial charge in [-0.25, -0.2) is 4.98 Å². The molecule has 0 atom stereocenters. The fraction of sp³-hybridized carbons (Fsp3) is 0.0870. The summed E-state index contributed by atoms with van der Waals surface area (Å²) in [5.74, 6) is 0.265. The third kappa shape index (κ3) is 4.49. The maximum atomic E-state index is 12.7. The van der Waals surface area contributed by atoms with Gasteiger partial charge in [0, 0.05) is 28.1 Å². The van der Waals surface area contributed by atoms with Crippen LogP contribution >= 0.6 is 11.3 Å². The van der Waals surface area contributed by atoms with Crippen molar-refractivity contribution in [2.24, 2.45) is 0 Å². The number of methoxy groups -OCH3 is 2. The van der Waals surface area contributed by atoms with Crippen LogP contribution < -0.4 is 20.1 Å². The number of anilines is 2. The van der Waals surface area contributed by atoms with Gasteiger partial charge < -0.3 is 14.8 Å². The van der Waals surface area contributed by atoms with Crippen LogP contribution in [0.25, 0.3) is 10.8 Å². The van der Waals surface area contributed by atoms with Crippen molar-refractivity contribution >= 4 is 44.7 Å². The summed E-state index contributed by atoms with van der Waals surface area (Å²) in [7, 11) is 3.02. The molecular weight excluding hydrogens is 414 g/mol. The summed E-state index contributed by atoms with van der Waals surface area (Å²) in [6.07, 6.45) is 0. The summed E-state index contributed by atoms with van der Waals surface area (Å²) < 4.78 is 10.4. The summed E-state index contributed by atoms with van der Waals surface area (Å²) in [5.41, 5.74) is 1.27. The number of nitrogens with one attached hydrogen (secondary N) is 2. The third-order valence-corrected chi connectivity index (χ3v) is 5.37. The number of carbonyl (C=O) groups excluding carboxylic acids is 2. The van der Waals surface area contributed by atoms with Gasteiger partial charge in [0.15, 0.2) is 5.13 Å². The predicted molar refractivity (Wildman–Crippen MR) is 122 cm³/mol. The summed E-state index contributed by atoms with van der Waals surface area (Å²) in [6.45, 7) is 0. The molecule has 0 spiro atoms. The molecule has 0 saturated heterocycles. The molecule has 0 fully saturated rings. The number of ether oxygens (including phenoxy) is 2. The second kappa shape index (κ2) is 8.85. The van der Waals surface area contributed by atoms with Gasteiger partial charge in [0.25, 0.3) is 11.8 Å². The van der Waals surface area contributed by atoms with Crippen LogP contribution in [0.1, 0.15) is 20.8 Å². The monoisotopic (exact) mass is 433 g/mol. The van der Waals surface area contributed by atoms with Crippen LogP contribution in [0.2, 0.25) is 0 Å². The van der Waals surface area contributed by atoms with E-state index in [4.69, 9.17) is 9.47 Å². The fourth-order valence-electron chi connectivity index (χ4n) is 3.06. The quantitative estimate of drug-likeness (QED) is 0.455. The SMILES string of the molecule is COc1cc(OC)cc(C(=O)Nc2nc(C(=O)Nc3cccc4ccccc34)cs2)c1. The highest BCUT2D eigenvalue weighted by atomic mass is 32.1. The van der Waals surface area contributed by atoms with Crippen LogP contribution in [-0.2, 0) is 0 Å². The number of hydrogen-bond donors (Lipinski definition) is 2. The van der Waals surface area contributed by atoms with E-state index < -0.39 is 0 Å². The topological polar surface area (TPSA) is 89.6 Å². The third-order valence-electron chi connectivity index (χ3n) is 4.61. The molecule has 0 bridgehead atoms. The van der Waals surface area contributed by atoms with Crippen molar-refractivity contribution in [3.05, 3.63) is 77.3 Å². The van der Waals surface area contributed by atoms with Gasteiger partial charge in [0.05, 0.1) is 14.2 Å². The van der Waals surface area contributed by atoms with E-state index in [2.05, 4.69) is 15.6 Å². The highest BCUT2D eigenvalue weighted by molar-refractivity contribution is 7.14. The molecule has 0 radical (unpaired) electrons. The molecule has 0 unspecified atom stereocenters. The van der Waals surface area contributed by atoms with Gasteiger partial charge in [0.1, 0.15) is 17.2 Å². The molecule has 156 valence electrons. The molecule has 2 amide bonds. The van der Waals surface area contributed by atoms with E-state index >= 15 is 0 Å². The van der Waals surface area contributed by atoms with Crippen LogP contribution in [0, 0.1) is 0 Å². The molecular formula is C23H19N3O4S. The maximum absolute atomic E-state index is 12.7. The predicted octanol–water partition coefficient (Wildman–Crippen LogP) is 4.82. The Kier molecular flexibility index (Phi) is 5.81. The van der Waals surface area contributed by atoms with E-state index in [1.807, 2.05) is 42.5 Å². The van der Waals surface area contributed by atoms with Crippen molar-refractivity contribution < 1.29 is 19.1 Å². The van der Waals surface area contributed by atoms with Gasteiger partial charge >= 0.3 is 0 Å². The smallest absolute Gasteiger partial charge is 0.275 e. The molecule has 0 aliphatic rings. The molecule has 31 heavy (non-hydrogen) atoms. The highest BCUT2D eigenvalue weighted by Crippen LogP contribution is 2.26. The molecule has 3 aromatic carbocycles. The summed E-state index contributed by atoms with van der Waals surface area (Å²) in [6, 6.07) is 18.4. The normalized spacial score (nSPS) is 10.5. The second-order valence-corrected chi connectivity index (χ2v) is 7.43. The number of fused-ring (bicyclic) bond motifs is 1. The minimum atomic E-state index is -0.382. The molecule has 8 heteroatoms. The second-order valence-electron chi connectivity index (χ2n) is 6.57. The van der Waals surface area contributed by atoms with Crippen molar-refractivity contribution in [3.8, 4) is 11.5 Å². The number of hydrogen-bond acceptors (Lipinski definition) is 6. The van der Waals surface area contributed by atoms with E-state index in [1.165, 1.54) is 25.6 Å². The molecule has 4 aromatic rings. The molecule has 0 aliphatic heterocycles. The number of rotatable bonds is 6. The zero-order valence-corrected chi connectivity index (χ0v) is 17.7. The minimum Gasteiger partial charge on any atom is -0.497 e. The van der Waals surface area contributed by atoms with Crippen molar-refractivity contribution in [2.45, 2.75) is 0 Å². The average Bonchev–Trinajstić information content (AvgIpc) is 3.27. The van der Waals surface area contributed by atoms with Crippen LogP contribution in [0.4, 0.5) is 10.8 Å². The summed E-state index contributed by atoms with van der Waals surface area (Å²) in [5, 5.41) is 9.48. The molecule has 2 N–H and O–H groups in total. The number of benzene rings is 3. The van der Waals surface area contributed by atoms with Gasteiger partial charge in [-0.3, -0.25) is 14.9 Å². The fourth-order valence-corrected chi connectivity index (χ4v) is 3.75. The van der Waals surface area contributed by atoms with E-state index in [0.29, 0.717) is 27.9 Å². The van der Waals surface area contributed by atoms with Crippen LogP contribution in [0.15, 0.2) is 66.0 Å². The zero-order valence-electron chi connectivity index (χ0n) is 16.8. The average molecular weight is 433 g/mol. The Balaban J connectivity index is 1.49. The lowest BCUT2D eigenvalue weighted by atomic mass is 10.1. The van der Waals surface area contributed by atoms with E-state index in [1.54, 1.807) is 23.6 Å². The van der Waals surface area contributed by atoms with Gasteiger partial charge in [-0.1, -0.05) is 36.4 Å². The largest absolute Gasteiger partial charge is 0.497 e. The standard InChI is InChI=1S/C23H19N3O4S/c1-29-16-10-15(11-17(12-16)30-2)21(27)26-23-25-20(13-31-23)22(28)24-19-9-5-7-14-6-3-4-8-18(14)19/h3-13H,1-2H3,(H,24,28)(H,25,26,27). The highest BCUT2D eigenvalue weighted by Gasteiger charge is 2.16. The van der Waals surface area contributed by atoms with E-state index in [0.717, 1.165) is 10.8 Å². The minimum absolute atomic E-state index is 0.219. The lowest BCUT2D eigenvalue weighted by molar-refractivity contribution is 0.101. The van der Waals surface area contributed by atoms with Crippen LogP contribution in [-0.4, -0.2) is 31.0 Å². The first kappa shape index (κ1) is 20.4. The first-order valence-electron chi connectivity index (χ1n) is 9.36. The number of amides is 2. The van der Waals surface area contributed by atoms with Gasteiger partial charge in [-0.05, 0) is 23.6 Å². The number of aromatic nitrogens is 1. The van der Waals surface area contributed by atoms with Crippen molar-refractivity contribution in [1.82, 2.24) is 4.98 Å². The van der Waals surface area contributed by atoms with Crippen molar-refractivity contribution in [2.75, 3.05) is 24.9 Å². The summed E-state index contributed by atoms with van der Waals surface area (Å²) in [4.78, 5) is 29.5. The molecule has 7 nitrogen and oxygen atoms in total. The van der Waals surface area contributed by atoms with Crippen LogP contribution in [0.5, 0.6) is 11.5 Å². The van der Waals surface area contributed by atoms with Gasteiger partial charge in [-0.15, -0.1) is 11.3 Å². The molecule has 1 heterocycles. The Labute approximate surface area is 182 Å². The first-order chi connectivity index (χ1) is 15.1. The Morgan fingerprint density at radius 1 is 0.871 bits per heavy atom. The Morgan fingerprint density at radius 3 is 2.32 bits per heavy atom.